The van der Waals surface area contributed by atoms with Crippen LogP contribution in [-0.2, 0) is 10.0 Å². The molecule has 1 aliphatic heterocycles. The van der Waals surface area contributed by atoms with Crippen LogP contribution in [0.25, 0.3) is 0 Å². The Bertz CT molecular complexity index is 380. The highest BCUT2D eigenvalue weighted by Gasteiger charge is 2.40. The van der Waals surface area contributed by atoms with E-state index >= 15 is 0 Å². The summed E-state index contributed by atoms with van der Waals surface area (Å²) in [6, 6.07) is 0.679. The summed E-state index contributed by atoms with van der Waals surface area (Å²) in [4.78, 5) is 0. The lowest BCUT2D eigenvalue weighted by Gasteiger charge is -2.17. The Morgan fingerprint density at radius 3 is 2.33 bits per heavy atom. The molecule has 2 aliphatic carbocycles. The third kappa shape index (κ3) is 2.89. The maximum Gasteiger partial charge on any atom is 0.214 e. The van der Waals surface area contributed by atoms with Crippen LogP contribution in [-0.4, -0.2) is 44.2 Å². The molecule has 0 aromatic carbocycles. The van der Waals surface area contributed by atoms with E-state index in [1.165, 1.54) is 32.1 Å². The molecule has 0 aromatic rings. The molecule has 104 valence electrons. The average molecular weight is 272 g/mol. The first-order chi connectivity index (χ1) is 8.65. The molecule has 1 N–H and O–H groups in total. The van der Waals surface area contributed by atoms with Crippen LogP contribution in [0.15, 0.2) is 0 Å². The second-order valence-electron chi connectivity index (χ2n) is 6.17. The first-order valence-electron chi connectivity index (χ1n) is 7.36. The zero-order valence-corrected chi connectivity index (χ0v) is 11.8. The molecule has 5 heteroatoms. The van der Waals surface area contributed by atoms with Crippen molar-refractivity contribution in [3.8, 4) is 0 Å². The number of fused-ring (bicyclic) bond motifs is 1. The third-order valence-corrected chi connectivity index (χ3v) is 6.57. The Morgan fingerprint density at radius 2 is 1.72 bits per heavy atom. The van der Waals surface area contributed by atoms with Gasteiger partial charge in [0.05, 0.1) is 5.75 Å². The van der Waals surface area contributed by atoms with Crippen molar-refractivity contribution in [2.45, 2.75) is 44.6 Å². The van der Waals surface area contributed by atoms with E-state index in [0.29, 0.717) is 23.6 Å². The molecule has 4 nitrogen and oxygen atoms in total. The molecule has 0 bridgehead atoms. The quantitative estimate of drug-likeness (QED) is 0.739. The van der Waals surface area contributed by atoms with Crippen LogP contribution in [0.5, 0.6) is 0 Å². The summed E-state index contributed by atoms with van der Waals surface area (Å²) in [7, 11) is -2.99. The molecule has 0 radical (unpaired) electrons. The van der Waals surface area contributed by atoms with Crippen molar-refractivity contribution in [2.24, 2.45) is 11.8 Å². The summed E-state index contributed by atoms with van der Waals surface area (Å²) >= 11 is 0. The largest absolute Gasteiger partial charge is 0.314 e. The average Bonchev–Trinajstić information content (AvgIpc) is 2.86. The third-order valence-electron chi connectivity index (χ3n) is 4.68. The number of rotatable bonds is 6. The van der Waals surface area contributed by atoms with Gasteiger partial charge >= 0.3 is 0 Å². The maximum atomic E-state index is 12.2. The van der Waals surface area contributed by atoms with Gasteiger partial charge in [0.1, 0.15) is 0 Å². The van der Waals surface area contributed by atoms with Gasteiger partial charge in [-0.05, 0) is 50.5 Å². The number of nitrogens with zero attached hydrogens (tertiary/aromatic N) is 1. The number of hydrogen-bond donors (Lipinski definition) is 1. The van der Waals surface area contributed by atoms with E-state index in [-0.39, 0.29) is 0 Å². The van der Waals surface area contributed by atoms with Gasteiger partial charge in [-0.3, -0.25) is 0 Å². The SMILES string of the molecule is O=S(=O)(CCCNC1CC1)N1CC2CCCC2C1. The summed E-state index contributed by atoms with van der Waals surface area (Å²) in [5, 5.41) is 3.38. The normalized spacial score (nSPS) is 32.9. The molecule has 1 heterocycles. The number of hydrogen-bond acceptors (Lipinski definition) is 3. The van der Waals surface area contributed by atoms with E-state index in [1.54, 1.807) is 4.31 Å². The van der Waals surface area contributed by atoms with Gasteiger partial charge in [-0.2, -0.15) is 0 Å². The molecule has 2 unspecified atom stereocenters. The van der Waals surface area contributed by atoms with Crippen LogP contribution in [0, 0.1) is 11.8 Å². The molecule has 1 saturated heterocycles. The predicted octanol–water partition coefficient (Wildman–Crippen LogP) is 1.19. The van der Waals surface area contributed by atoms with Crippen LogP contribution in [0.4, 0.5) is 0 Å². The van der Waals surface area contributed by atoms with Crippen molar-refractivity contribution in [3.05, 3.63) is 0 Å². The molecule has 2 atom stereocenters. The highest BCUT2D eigenvalue weighted by atomic mass is 32.2. The Morgan fingerprint density at radius 1 is 1.06 bits per heavy atom. The Hall–Kier alpha value is -0.130. The molecule has 3 fully saturated rings. The lowest BCUT2D eigenvalue weighted by molar-refractivity contribution is 0.443. The van der Waals surface area contributed by atoms with Gasteiger partial charge in [0.15, 0.2) is 0 Å². The fourth-order valence-electron chi connectivity index (χ4n) is 3.40. The zero-order chi connectivity index (χ0) is 12.6. The van der Waals surface area contributed by atoms with Crippen molar-refractivity contribution >= 4 is 10.0 Å². The molecule has 0 amide bonds. The standard InChI is InChI=1S/C13H24N2O2S/c16-18(17,8-2-7-14-13-5-6-13)15-9-11-3-1-4-12(11)10-15/h11-14H,1-10H2. The summed E-state index contributed by atoms with van der Waals surface area (Å²) in [5.74, 6) is 1.64. The van der Waals surface area contributed by atoms with Crippen LogP contribution in [0.1, 0.15) is 38.5 Å². The van der Waals surface area contributed by atoms with Gasteiger partial charge < -0.3 is 5.32 Å². The Kier molecular flexibility index (Phi) is 3.65. The predicted molar refractivity (Wildman–Crippen MR) is 71.8 cm³/mol. The van der Waals surface area contributed by atoms with Gasteiger partial charge in [0.25, 0.3) is 0 Å². The van der Waals surface area contributed by atoms with Gasteiger partial charge in [-0.25, -0.2) is 12.7 Å². The molecule has 0 aromatic heterocycles. The van der Waals surface area contributed by atoms with E-state index in [4.69, 9.17) is 0 Å². The molecule has 2 saturated carbocycles. The Balaban J connectivity index is 1.44. The van der Waals surface area contributed by atoms with Crippen LogP contribution in [0.2, 0.25) is 0 Å². The fourth-order valence-corrected chi connectivity index (χ4v) is 5.00. The topological polar surface area (TPSA) is 49.4 Å². The van der Waals surface area contributed by atoms with Crippen molar-refractivity contribution in [1.29, 1.82) is 0 Å². The molecule has 3 rings (SSSR count). The van der Waals surface area contributed by atoms with E-state index in [1.807, 2.05) is 0 Å². The summed E-state index contributed by atoms with van der Waals surface area (Å²) < 4.78 is 26.2. The fraction of sp³-hybridized carbons (Fsp3) is 1.00. The zero-order valence-electron chi connectivity index (χ0n) is 11.0. The van der Waals surface area contributed by atoms with Crippen molar-refractivity contribution < 1.29 is 8.42 Å². The van der Waals surface area contributed by atoms with Crippen molar-refractivity contribution in [3.63, 3.8) is 0 Å². The molecule has 3 aliphatic rings. The Labute approximate surface area is 110 Å². The van der Waals surface area contributed by atoms with E-state index in [2.05, 4.69) is 5.32 Å². The highest BCUT2D eigenvalue weighted by molar-refractivity contribution is 7.89. The summed E-state index contributed by atoms with van der Waals surface area (Å²) in [5.41, 5.74) is 0. The van der Waals surface area contributed by atoms with E-state index in [9.17, 15) is 8.42 Å². The second-order valence-corrected chi connectivity index (χ2v) is 8.25. The molecule has 18 heavy (non-hydrogen) atoms. The monoisotopic (exact) mass is 272 g/mol. The maximum absolute atomic E-state index is 12.2. The van der Waals surface area contributed by atoms with Crippen LogP contribution < -0.4 is 5.32 Å². The molecular weight excluding hydrogens is 248 g/mol. The highest BCUT2D eigenvalue weighted by Crippen LogP contribution is 2.38. The smallest absolute Gasteiger partial charge is 0.214 e. The number of nitrogens with one attached hydrogen (secondary N) is 1. The minimum Gasteiger partial charge on any atom is -0.314 e. The van der Waals surface area contributed by atoms with Gasteiger partial charge in [-0.15, -0.1) is 0 Å². The van der Waals surface area contributed by atoms with Gasteiger partial charge in [0, 0.05) is 19.1 Å². The minimum atomic E-state index is -2.99. The van der Waals surface area contributed by atoms with Crippen molar-refractivity contribution in [1.82, 2.24) is 9.62 Å². The number of sulfonamides is 1. The van der Waals surface area contributed by atoms with Gasteiger partial charge in [-0.1, -0.05) is 6.42 Å². The lowest BCUT2D eigenvalue weighted by atomic mass is 10.0. The molecular formula is C13H24N2O2S. The van der Waals surface area contributed by atoms with E-state index in [0.717, 1.165) is 26.1 Å². The summed E-state index contributed by atoms with van der Waals surface area (Å²) in [6.07, 6.45) is 7.06. The summed E-state index contributed by atoms with van der Waals surface area (Å²) in [6.45, 7) is 2.44. The minimum absolute atomic E-state index is 0.326. The first-order valence-corrected chi connectivity index (χ1v) is 8.97. The lowest BCUT2D eigenvalue weighted by Crippen LogP contribution is -2.33. The molecule has 0 spiro atoms. The second kappa shape index (κ2) is 5.10. The first kappa shape index (κ1) is 12.9. The van der Waals surface area contributed by atoms with Crippen molar-refractivity contribution in [2.75, 3.05) is 25.4 Å². The van der Waals surface area contributed by atoms with Crippen LogP contribution >= 0.6 is 0 Å². The van der Waals surface area contributed by atoms with Gasteiger partial charge in [0.2, 0.25) is 10.0 Å². The van der Waals surface area contributed by atoms with E-state index < -0.39 is 10.0 Å². The van der Waals surface area contributed by atoms with Crippen LogP contribution in [0.3, 0.4) is 0 Å².